The molecule has 0 aliphatic carbocycles. The lowest BCUT2D eigenvalue weighted by Crippen LogP contribution is -2.22. The molecule has 2 aromatic carbocycles. The molecule has 1 heterocycles. The van der Waals surface area contributed by atoms with E-state index in [1.165, 1.54) is 19.2 Å². The Morgan fingerprint density at radius 1 is 1.18 bits per heavy atom. The molecule has 0 unspecified atom stereocenters. The lowest BCUT2D eigenvalue weighted by molar-refractivity contribution is -0.141. The Hall–Kier alpha value is -2.78. The molecule has 3 aromatic rings. The first-order valence-electron chi connectivity index (χ1n) is 8.25. The maximum Gasteiger partial charge on any atom is 0.325 e. The predicted octanol–water partition coefficient (Wildman–Crippen LogP) is 2.33. The number of rotatable bonds is 4. The van der Waals surface area contributed by atoms with Crippen molar-refractivity contribution in [2.24, 2.45) is 4.99 Å². The van der Waals surface area contributed by atoms with Crippen LogP contribution in [-0.2, 0) is 25.9 Å². The molecule has 0 radical (unpaired) electrons. The van der Waals surface area contributed by atoms with E-state index in [9.17, 15) is 18.0 Å². The van der Waals surface area contributed by atoms with Crippen LogP contribution < -0.4 is 4.80 Å². The summed E-state index contributed by atoms with van der Waals surface area (Å²) in [5.41, 5.74) is 1.84. The Kier molecular flexibility index (Phi) is 5.48. The van der Waals surface area contributed by atoms with E-state index in [2.05, 4.69) is 4.99 Å². The SMILES string of the molecule is COC(=O)Cn1c(=NC(=O)c2ccccc2C)sc2cc(S(C)(=O)=O)ccc21. The number of methoxy groups -OCH3 is 1. The van der Waals surface area contributed by atoms with Crippen LogP contribution in [0.1, 0.15) is 15.9 Å². The Labute approximate surface area is 165 Å². The van der Waals surface area contributed by atoms with Crippen LogP contribution in [0.4, 0.5) is 0 Å². The minimum atomic E-state index is -3.39. The molecule has 0 atom stereocenters. The van der Waals surface area contributed by atoms with E-state index < -0.39 is 21.7 Å². The van der Waals surface area contributed by atoms with E-state index in [0.717, 1.165) is 23.2 Å². The van der Waals surface area contributed by atoms with Crippen LogP contribution in [0.25, 0.3) is 10.2 Å². The number of carbonyl (C=O) groups is 2. The first-order chi connectivity index (χ1) is 13.2. The van der Waals surface area contributed by atoms with Gasteiger partial charge in [-0.3, -0.25) is 9.59 Å². The summed E-state index contributed by atoms with van der Waals surface area (Å²) < 4.78 is 30.6. The molecule has 0 N–H and O–H groups in total. The second-order valence-corrected chi connectivity index (χ2v) is 9.21. The van der Waals surface area contributed by atoms with Gasteiger partial charge in [0.1, 0.15) is 6.54 Å². The van der Waals surface area contributed by atoms with Gasteiger partial charge in [-0.2, -0.15) is 4.99 Å². The molecule has 3 rings (SSSR count). The topological polar surface area (TPSA) is 94.8 Å². The van der Waals surface area contributed by atoms with Crippen molar-refractivity contribution in [3.05, 3.63) is 58.4 Å². The van der Waals surface area contributed by atoms with Crippen LogP contribution in [0.2, 0.25) is 0 Å². The van der Waals surface area contributed by atoms with Gasteiger partial charge in [0.05, 0.1) is 22.2 Å². The van der Waals surface area contributed by atoms with Gasteiger partial charge in [-0.15, -0.1) is 0 Å². The van der Waals surface area contributed by atoms with E-state index in [0.29, 0.717) is 20.6 Å². The van der Waals surface area contributed by atoms with Gasteiger partial charge in [0, 0.05) is 11.8 Å². The molecule has 9 heteroatoms. The molecule has 7 nitrogen and oxygen atoms in total. The minimum absolute atomic E-state index is 0.144. The number of hydrogen-bond donors (Lipinski definition) is 0. The molecule has 28 heavy (non-hydrogen) atoms. The molecule has 0 aliphatic heterocycles. The zero-order valence-electron chi connectivity index (χ0n) is 15.5. The Morgan fingerprint density at radius 3 is 2.54 bits per heavy atom. The van der Waals surface area contributed by atoms with Crippen LogP contribution in [0.5, 0.6) is 0 Å². The summed E-state index contributed by atoms with van der Waals surface area (Å²) in [4.78, 5) is 29.1. The number of aromatic nitrogens is 1. The molecule has 0 saturated carbocycles. The van der Waals surface area contributed by atoms with Crippen LogP contribution >= 0.6 is 11.3 Å². The quantitative estimate of drug-likeness (QED) is 0.606. The van der Waals surface area contributed by atoms with Crippen molar-refractivity contribution >= 4 is 43.3 Å². The number of nitrogens with zero attached hydrogens (tertiary/aromatic N) is 2. The summed E-state index contributed by atoms with van der Waals surface area (Å²) in [5.74, 6) is -0.941. The minimum Gasteiger partial charge on any atom is -0.468 e. The largest absolute Gasteiger partial charge is 0.468 e. The van der Waals surface area contributed by atoms with Gasteiger partial charge in [0.15, 0.2) is 14.6 Å². The number of benzene rings is 2. The zero-order chi connectivity index (χ0) is 20.5. The molecule has 1 amide bonds. The van der Waals surface area contributed by atoms with Gasteiger partial charge in [-0.05, 0) is 36.8 Å². The number of fused-ring (bicyclic) bond motifs is 1. The van der Waals surface area contributed by atoms with Crippen molar-refractivity contribution in [3.63, 3.8) is 0 Å². The highest BCUT2D eigenvalue weighted by molar-refractivity contribution is 7.90. The number of aryl methyl sites for hydroxylation is 1. The highest BCUT2D eigenvalue weighted by atomic mass is 32.2. The number of amides is 1. The number of thiazole rings is 1. The lowest BCUT2D eigenvalue weighted by atomic mass is 10.1. The summed E-state index contributed by atoms with van der Waals surface area (Å²) in [6, 6.07) is 11.7. The van der Waals surface area contributed by atoms with Gasteiger partial charge >= 0.3 is 5.97 Å². The van der Waals surface area contributed by atoms with Crippen LogP contribution in [0.3, 0.4) is 0 Å². The van der Waals surface area contributed by atoms with Gasteiger partial charge < -0.3 is 9.30 Å². The Bertz CT molecular complexity index is 1250. The smallest absolute Gasteiger partial charge is 0.325 e. The maximum atomic E-state index is 12.7. The Morgan fingerprint density at radius 2 is 1.89 bits per heavy atom. The fraction of sp³-hybridized carbons (Fsp3) is 0.211. The molecule has 0 saturated heterocycles. The van der Waals surface area contributed by atoms with Crippen LogP contribution in [0, 0.1) is 6.92 Å². The molecule has 1 aromatic heterocycles. The third kappa shape index (κ3) is 4.05. The number of sulfone groups is 1. The third-order valence-electron chi connectivity index (χ3n) is 4.17. The third-order valence-corrected chi connectivity index (χ3v) is 6.32. The van der Waals surface area contributed by atoms with Crippen LogP contribution in [-0.4, -0.2) is 38.2 Å². The van der Waals surface area contributed by atoms with Gasteiger partial charge in [0.2, 0.25) is 0 Å². The summed E-state index contributed by atoms with van der Waals surface area (Å²) in [5, 5.41) is 0. The van der Waals surface area contributed by atoms with Crippen molar-refractivity contribution in [2.45, 2.75) is 18.4 Å². The summed E-state index contributed by atoms with van der Waals surface area (Å²) in [6.07, 6.45) is 1.12. The molecule has 0 spiro atoms. The van der Waals surface area contributed by atoms with Crippen molar-refractivity contribution in [2.75, 3.05) is 13.4 Å². The number of esters is 1. The number of carbonyl (C=O) groups excluding carboxylic acids is 2. The van der Waals surface area contributed by atoms with E-state index >= 15 is 0 Å². The standard InChI is InChI=1S/C19H18N2O5S2/c1-12-6-4-5-7-14(12)18(23)20-19-21(11-17(22)26-2)15-9-8-13(28(3,24)25)10-16(15)27-19/h4-10H,11H2,1-3H3. The number of hydrogen-bond acceptors (Lipinski definition) is 6. The van der Waals surface area contributed by atoms with Crippen molar-refractivity contribution < 1.29 is 22.7 Å². The molecular formula is C19H18N2O5S2. The van der Waals surface area contributed by atoms with Gasteiger partial charge in [-0.1, -0.05) is 29.5 Å². The first kappa shape index (κ1) is 20.0. The fourth-order valence-electron chi connectivity index (χ4n) is 2.68. The average Bonchev–Trinajstić information content (AvgIpc) is 2.97. The molecule has 0 bridgehead atoms. The highest BCUT2D eigenvalue weighted by Crippen LogP contribution is 2.22. The van der Waals surface area contributed by atoms with Crippen molar-refractivity contribution in [1.82, 2.24) is 4.57 Å². The maximum absolute atomic E-state index is 12.7. The average molecular weight is 418 g/mol. The summed E-state index contributed by atoms with van der Waals surface area (Å²) in [6.45, 7) is 1.67. The van der Waals surface area contributed by atoms with E-state index in [1.807, 2.05) is 19.1 Å². The second kappa shape index (κ2) is 7.69. The lowest BCUT2D eigenvalue weighted by Gasteiger charge is -2.04. The summed E-state index contributed by atoms with van der Waals surface area (Å²) in [7, 11) is -2.12. The molecular weight excluding hydrogens is 400 g/mol. The van der Waals surface area contributed by atoms with E-state index in [4.69, 9.17) is 4.74 Å². The zero-order valence-corrected chi connectivity index (χ0v) is 17.1. The van der Waals surface area contributed by atoms with Crippen LogP contribution in [0.15, 0.2) is 52.4 Å². The summed E-state index contributed by atoms with van der Waals surface area (Å²) >= 11 is 1.14. The van der Waals surface area contributed by atoms with Crippen molar-refractivity contribution in [3.8, 4) is 0 Å². The second-order valence-electron chi connectivity index (χ2n) is 6.18. The first-order valence-corrected chi connectivity index (χ1v) is 11.0. The normalized spacial score (nSPS) is 12.3. The monoisotopic (exact) mass is 418 g/mol. The van der Waals surface area contributed by atoms with E-state index in [1.54, 1.807) is 22.8 Å². The fourth-order valence-corrected chi connectivity index (χ4v) is 4.46. The molecule has 146 valence electrons. The van der Waals surface area contributed by atoms with Crippen molar-refractivity contribution in [1.29, 1.82) is 0 Å². The van der Waals surface area contributed by atoms with Gasteiger partial charge in [-0.25, -0.2) is 8.42 Å². The highest BCUT2D eigenvalue weighted by Gasteiger charge is 2.15. The van der Waals surface area contributed by atoms with Gasteiger partial charge in [0.25, 0.3) is 5.91 Å². The molecule has 0 aliphatic rings. The Balaban J connectivity index is 2.22. The number of ether oxygens (including phenoxy) is 1. The molecule has 0 fully saturated rings. The van der Waals surface area contributed by atoms with E-state index in [-0.39, 0.29) is 11.4 Å². The predicted molar refractivity (Wildman–Crippen MR) is 106 cm³/mol.